The lowest BCUT2D eigenvalue weighted by molar-refractivity contribution is 0.0696. The molecule has 0 bridgehead atoms. The summed E-state index contributed by atoms with van der Waals surface area (Å²) in [7, 11) is 1.63. The van der Waals surface area contributed by atoms with E-state index in [0.717, 1.165) is 24.4 Å². The number of nitrogens with zero attached hydrogens (tertiary/aromatic N) is 1. The molecule has 1 aliphatic carbocycles. The van der Waals surface area contributed by atoms with Gasteiger partial charge in [0, 0.05) is 24.7 Å². The van der Waals surface area contributed by atoms with Gasteiger partial charge in [-0.05, 0) is 37.0 Å². The monoisotopic (exact) mass is 277 g/mol. The summed E-state index contributed by atoms with van der Waals surface area (Å²) in [5, 5.41) is 9.12. The van der Waals surface area contributed by atoms with Crippen LogP contribution in [0.25, 0.3) is 0 Å². The van der Waals surface area contributed by atoms with Gasteiger partial charge in [0.1, 0.15) is 5.75 Å². The van der Waals surface area contributed by atoms with Crippen molar-refractivity contribution in [2.45, 2.75) is 39.3 Å². The first kappa shape index (κ1) is 14.9. The summed E-state index contributed by atoms with van der Waals surface area (Å²) in [6, 6.07) is 5.72. The fraction of sp³-hybridized carbons (Fsp3) is 0.562. The summed E-state index contributed by atoms with van der Waals surface area (Å²) in [6.07, 6.45) is 2.49. The summed E-state index contributed by atoms with van der Waals surface area (Å²) in [4.78, 5) is 13.5. The lowest BCUT2D eigenvalue weighted by atomic mass is 10.1. The van der Waals surface area contributed by atoms with E-state index in [1.807, 2.05) is 0 Å². The molecular weight excluding hydrogens is 254 g/mol. The van der Waals surface area contributed by atoms with Gasteiger partial charge in [0.05, 0.1) is 12.7 Å². The largest absolute Gasteiger partial charge is 0.496 e. The molecule has 110 valence electrons. The number of carbonyl (C=O) groups is 1. The maximum Gasteiger partial charge on any atom is 0.335 e. The highest BCUT2D eigenvalue weighted by Crippen LogP contribution is 2.31. The van der Waals surface area contributed by atoms with E-state index >= 15 is 0 Å². The van der Waals surface area contributed by atoms with E-state index in [2.05, 4.69) is 18.7 Å². The number of rotatable bonds is 7. The van der Waals surface area contributed by atoms with Crippen molar-refractivity contribution in [2.24, 2.45) is 5.92 Å². The Morgan fingerprint density at radius 1 is 1.45 bits per heavy atom. The van der Waals surface area contributed by atoms with Crippen LogP contribution in [0.1, 0.15) is 42.6 Å². The van der Waals surface area contributed by atoms with Gasteiger partial charge < -0.3 is 9.84 Å². The molecule has 1 aromatic carbocycles. The van der Waals surface area contributed by atoms with Gasteiger partial charge in [0.2, 0.25) is 0 Å². The lowest BCUT2D eigenvalue weighted by Crippen LogP contribution is -2.29. The summed E-state index contributed by atoms with van der Waals surface area (Å²) in [6.45, 7) is 6.21. The summed E-state index contributed by atoms with van der Waals surface area (Å²) < 4.78 is 5.37. The van der Waals surface area contributed by atoms with Gasteiger partial charge >= 0.3 is 5.97 Å². The Labute approximate surface area is 120 Å². The predicted octanol–water partition coefficient (Wildman–Crippen LogP) is 3.01. The molecule has 1 aromatic rings. The molecule has 0 amide bonds. The standard InChI is InChI=1S/C16H23NO3/c1-11(2)9-17(14-5-6-14)10-13-8-12(16(18)19)4-7-15(13)20-3/h4,7-8,11,14H,5-6,9-10H2,1-3H3,(H,18,19). The fourth-order valence-corrected chi connectivity index (χ4v) is 2.51. The molecule has 0 spiro atoms. The second-order valence-corrected chi connectivity index (χ2v) is 5.89. The first-order valence-electron chi connectivity index (χ1n) is 7.15. The number of methoxy groups -OCH3 is 1. The Bertz CT molecular complexity index is 481. The molecule has 1 N–H and O–H groups in total. The molecule has 1 aliphatic rings. The highest BCUT2D eigenvalue weighted by Gasteiger charge is 2.29. The Balaban J connectivity index is 2.20. The molecule has 0 heterocycles. The zero-order valence-corrected chi connectivity index (χ0v) is 12.4. The highest BCUT2D eigenvalue weighted by atomic mass is 16.5. The molecule has 4 nitrogen and oxygen atoms in total. The molecular formula is C16H23NO3. The van der Waals surface area contributed by atoms with Crippen molar-refractivity contribution in [3.63, 3.8) is 0 Å². The molecule has 0 radical (unpaired) electrons. The second-order valence-electron chi connectivity index (χ2n) is 5.89. The molecule has 1 saturated carbocycles. The normalized spacial score (nSPS) is 14.8. The van der Waals surface area contributed by atoms with Crippen molar-refractivity contribution in [3.8, 4) is 5.75 Å². The first-order valence-corrected chi connectivity index (χ1v) is 7.15. The summed E-state index contributed by atoms with van der Waals surface area (Å²) in [5.74, 6) is 0.476. The Hall–Kier alpha value is -1.55. The van der Waals surface area contributed by atoms with E-state index in [9.17, 15) is 4.79 Å². The Morgan fingerprint density at radius 2 is 2.15 bits per heavy atom. The third-order valence-corrected chi connectivity index (χ3v) is 3.56. The van der Waals surface area contributed by atoms with Crippen LogP contribution in [-0.2, 0) is 6.54 Å². The molecule has 0 unspecified atom stereocenters. The number of hydrogen-bond acceptors (Lipinski definition) is 3. The van der Waals surface area contributed by atoms with Crippen LogP contribution >= 0.6 is 0 Å². The zero-order valence-electron chi connectivity index (χ0n) is 12.4. The van der Waals surface area contributed by atoms with Crippen molar-refractivity contribution >= 4 is 5.97 Å². The minimum Gasteiger partial charge on any atom is -0.496 e. The van der Waals surface area contributed by atoms with Crippen LogP contribution in [0.15, 0.2) is 18.2 Å². The second kappa shape index (κ2) is 6.27. The fourth-order valence-electron chi connectivity index (χ4n) is 2.51. The van der Waals surface area contributed by atoms with Crippen LogP contribution in [0.3, 0.4) is 0 Å². The van der Waals surface area contributed by atoms with Gasteiger partial charge in [-0.1, -0.05) is 13.8 Å². The molecule has 0 aromatic heterocycles. The topological polar surface area (TPSA) is 49.8 Å². The minimum absolute atomic E-state index is 0.320. The van der Waals surface area contributed by atoms with E-state index < -0.39 is 5.97 Å². The smallest absolute Gasteiger partial charge is 0.335 e. The van der Waals surface area contributed by atoms with E-state index in [1.165, 1.54) is 12.8 Å². The number of carboxylic acid groups (broad SMARTS) is 1. The first-order chi connectivity index (χ1) is 9.51. The van der Waals surface area contributed by atoms with Crippen LogP contribution in [0.4, 0.5) is 0 Å². The average Bonchev–Trinajstić information content (AvgIpc) is 3.21. The van der Waals surface area contributed by atoms with Gasteiger partial charge in [-0.25, -0.2) is 4.79 Å². The van der Waals surface area contributed by atoms with Crippen LogP contribution in [0, 0.1) is 5.92 Å². The van der Waals surface area contributed by atoms with Crippen LogP contribution < -0.4 is 4.74 Å². The number of benzene rings is 1. The van der Waals surface area contributed by atoms with Gasteiger partial charge in [-0.2, -0.15) is 0 Å². The SMILES string of the molecule is COc1ccc(C(=O)O)cc1CN(CC(C)C)C1CC1. The van der Waals surface area contributed by atoms with E-state index in [-0.39, 0.29) is 0 Å². The van der Waals surface area contributed by atoms with Gasteiger partial charge in [0.25, 0.3) is 0 Å². The van der Waals surface area contributed by atoms with E-state index in [0.29, 0.717) is 17.5 Å². The van der Waals surface area contributed by atoms with Gasteiger partial charge in [-0.15, -0.1) is 0 Å². The highest BCUT2D eigenvalue weighted by molar-refractivity contribution is 5.88. The lowest BCUT2D eigenvalue weighted by Gasteiger charge is -2.25. The molecule has 0 saturated heterocycles. The van der Waals surface area contributed by atoms with Crippen molar-refractivity contribution < 1.29 is 14.6 Å². The molecule has 20 heavy (non-hydrogen) atoms. The Kier molecular flexibility index (Phi) is 4.65. The third-order valence-electron chi connectivity index (χ3n) is 3.56. The quantitative estimate of drug-likeness (QED) is 0.832. The number of hydrogen-bond donors (Lipinski definition) is 1. The molecule has 0 aliphatic heterocycles. The maximum atomic E-state index is 11.1. The van der Waals surface area contributed by atoms with Crippen molar-refractivity contribution in [1.82, 2.24) is 4.90 Å². The molecule has 2 rings (SSSR count). The number of carboxylic acids is 1. The predicted molar refractivity (Wildman–Crippen MR) is 78.2 cm³/mol. The minimum atomic E-state index is -0.893. The number of aromatic carboxylic acids is 1. The third kappa shape index (κ3) is 3.73. The van der Waals surface area contributed by atoms with Crippen LogP contribution in [0.2, 0.25) is 0 Å². The van der Waals surface area contributed by atoms with Crippen LogP contribution in [-0.4, -0.2) is 35.7 Å². The Morgan fingerprint density at radius 3 is 2.65 bits per heavy atom. The summed E-state index contributed by atoms with van der Waals surface area (Å²) >= 11 is 0. The van der Waals surface area contributed by atoms with E-state index in [1.54, 1.807) is 25.3 Å². The molecule has 0 atom stereocenters. The van der Waals surface area contributed by atoms with Crippen molar-refractivity contribution in [3.05, 3.63) is 29.3 Å². The zero-order chi connectivity index (χ0) is 14.7. The average molecular weight is 277 g/mol. The van der Waals surface area contributed by atoms with Gasteiger partial charge in [-0.3, -0.25) is 4.90 Å². The van der Waals surface area contributed by atoms with Crippen molar-refractivity contribution in [1.29, 1.82) is 0 Å². The molecule has 4 heteroatoms. The summed E-state index contributed by atoms with van der Waals surface area (Å²) in [5.41, 5.74) is 1.28. The van der Waals surface area contributed by atoms with Crippen LogP contribution in [0.5, 0.6) is 5.75 Å². The van der Waals surface area contributed by atoms with E-state index in [4.69, 9.17) is 9.84 Å². The molecule has 1 fully saturated rings. The maximum absolute atomic E-state index is 11.1. The van der Waals surface area contributed by atoms with Gasteiger partial charge in [0.15, 0.2) is 0 Å². The van der Waals surface area contributed by atoms with Crippen molar-refractivity contribution in [2.75, 3.05) is 13.7 Å². The number of ether oxygens (including phenoxy) is 1.